The summed E-state index contributed by atoms with van der Waals surface area (Å²) in [5.74, 6) is -0.390. The molecule has 0 radical (unpaired) electrons. The number of carbonyl (C=O) groups is 1. The molecular weight excluding hydrogens is 412 g/mol. The van der Waals surface area contributed by atoms with Crippen molar-refractivity contribution in [2.24, 2.45) is 0 Å². The van der Waals surface area contributed by atoms with Gasteiger partial charge in [0.15, 0.2) is 0 Å². The minimum atomic E-state index is -3.17. The summed E-state index contributed by atoms with van der Waals surface area (Å²) in [6.45, 7) is -2.84. The van der Waals surface area contributed by atoms with E-state index in [1.54, 1.807) is 49.1 Å². The Balaban J connectivity index is 1.88. The predicted molar refractivity (Wildman–Crippen MR) is 106 cm³/mol. The standard InChI is InChI=1S/C20H17F2N5O4/c21-19(22)31-18-4-3-16(27(29)30)10-17(18)25-20(28)26(12-14-5-8-23-9-6-14)13-15-2-1-7-24-11-15/h1-11,19H,12-13H2,(H,25,28). The highest BCUT2D eigenvalue weighted by Gasteiger charge is 2.20. The highest BCUT2D eigenvalue weighted by atomic mass is 19.3. The Bertz CT molecular complexity index is 997. The molecule has 2 amide bonds. The Morgan fingerprint density at radius 2 is 1.84 bits per heavy atom. The Morgan fingerprint density at radius 3 is 2.48 bits per heavy atom. The van der Waals surface area contributed by atoms with Gasteiger partial charge in [0.2, 0.25) is 0 Å². The van der Waals surface area contributed by atoms with E-state index in [9.17, 15) is 23.7 Å². The summed E-state index contributed by atoms with van der Waals surface area (Å²) in [5.41, 5.74) is 0.877. The van der Waals surface area contributed by atoms with Crippen molar-refractivity contribution in [1.82, 2.24) is 14.9 Å². The first kappa shape index (κ1) is 21.6. The SMILES string of the molecule is O=C(Nc1cc([N+](=O)[O-])ccc1OC(F)F)N(Cc1ccncc1)Cc1cccnc1. The fourth-order valence-corrected chi connectivity index (χ4v) is 2.74. The molecule has 3 aromatic rings. The minimum absolute atomic E-state index is 0.155. The monoisotopic (exact) mass is 429 g/mol. The molecule has 0 atom stereocenters. The van der Waals surface area contributed by atoms with Gasteiger partial charge in [-0.15, -0.1) is 0 Å². The zero-order chi connectivity index (χ0) is 22.2. The number of urea groups is 1. The van der Waals surface area contributed by atoms with Crippen LogP contribution >= 0.6 is 0 Å². The van der Waals surface area contributed by atoms with Crippen LogP contribution in [0, 0.1) is 10.1 Å². The number of nitro groups is 1. The minimum Gasteiger partial charge on any atom is -0.433 e. The van der Waals surface area contributed by atoms with Crippen LogP contribution in [0.1, 0.15) is 11.1 Å². The lowest BCUT2D eigenvalue weighted by Crippen LogP contribution is -2.34. The van der Waals surface area contributed by atoms with Gasteiger partial charge in [-0.05, 0) is 35.4 Å². The molecule has 3 rings (SSSR count). The number of amides is 2. The van der Waals surface area contributed by atoms with Gasteiger partial charge in [0, 0.05) is 50.0 Å². The van der Waals surface area contributed by atoms with Crippen molar-refractivity contribution in [2.75, 3.05) is 5.32 Å². The number of pyridine rings is 2. The van der Waals surface area contributed by atoms with Gasteiger partial charge in [-0.25, -0.2) is 4.79 Å². The molecule has 2 aromatic heterocycles. The van der Waals surface area contributed by atoms with Gasteiger partial charge in [0.1, 0.15) is 5.75 Å². The number of halogens is 2. The van der Waals surface area contributed by atoms with E-state index in [0.29, 0.717) is 0 Å². The zero-order valence-corrected chi connectivity index (χ0v) is 16.0. The number of nitrogens with one attached hydrogen (secondary N) is 1. The number of hydrogen-bond donors (Lipinski definition) is 1. The number of nitrogens with zero attached hydrogens (tertiary/aromatic N) is 4. The maximum Gasteiger partial charge on any atom is 0.387 e. The van der Waals surface area contributed by atoms with E-state index in [2.05, 4.69) is 20.0 Å². The molecule has 0 saturated heterocycles. The summed E-state index contributed by atoms with van der Waals surface area (Å²) in [6, 6.07) is 9.26. The molecule has 1 aromatic carbocycles. The highest BCUT2D eigenvalue weighted by Crippen LogP contribution is 2.31. The van der Waals surface area contributed by atoms with Crippen LogP contribution < -0.4 is 10.1 Å². The second-order valence-corrected chi connectivity index (χ2v) is 6.32. The first-order chi connectivity index (χ1) is 14.9. The summed E-state index contributed by atoms with van der Waals surface area (Å²) in [5, 5.41) is 13.5. The van der Waals surface area contributed by atoms with E-state index in [1.807, 2.05) is 0 Å². The number of nitro benzene ring substituents is 1. The normalized spacial score (nSPS) is 10.5. The zero-order valence-electron chi connectivity index (χ0n) is 16.0. The Hall–Kier alpha value is -4.15. The fourth-order valence-electron chi connectivity index (χ4n) is 2.74. The van der Waals surface area contributed by atoms with Gasteiger partial charge in [-0.1, -0.05) is 6.07 Å². The van der Waals surface area contributed by atoms with E-state index >= 15 is 0 Å². The van der Waals surface area contributed by atoms with Crippen LogP contribution in [0.2, 0.25) is 0 Å². The number of rotatable bonds is 8. The predicted octanol–water partition coefficient (Wildman–Crippen LogP) is 4.22. The molecule has 0 bridgehead atoms. The van der Waals surface area contributed by atoms with E-state index in [-0.39, 0.29) is 30.2 Å². The number of aromatic nitrogens is 2. The van der Waals surface area contributed by atoms with Gasteiger partial charge < -0.3 is 15.0 Å². The number of hydrogen-bond acceptors (Lipinski definition) is 6. The van der Waals surface area contributed by atoms with Crippen molar-refractivity contribution in [3.8, 4) is 5.75 Å². The van der Waals surface area contributed by atoms with E-state index in [4.69, 9.17) is 0 Å². The van der Waals surface area contributed by atoms with E-state index in [1.165, 1.54) is 4.90 Å². The van der Waals surface area contributed by atoms with E-state index < -0.39 is 17.6 Å². The Morgan fingerprint density at radius 1 is 1.10 bits per heavy atom. The van der Waals surface area contributed by atoms with Crippen LogP contribution in [0.25, 0.3) is 0 Å². The maximum absolute atomic E-state index is 13.0. The molecule has 0 aliphatic carbocycles. The molecule has 0 fully saturated rings. The summed E-state index contributed by atoms with van der Waals surface area (Å²) in [4.78, 5) is 32.7. The summed E-state index contributed by atoms with van der Waals surface area (Å²) in [6.07, 6.45) is 6.33. The quantitative estimate of drug-likeness (QED) is 0.424. The molecule has 0 spiro atoms. The lowest BCUT2D eigenvalue weighted by atomic mass is 10.2. The van der Waals surface area contributed by atoms with Gasteiger partial charge >= 0.3 is 12.6 Å². The van der Waals surface area contributed by atoms with Gasteiger partial charge in [-0.3, -0.25) is 20.1 Å². The average Bonchev–Trinajstić information content (AvgIpc) is 2.75. The van der Waals surface area contributed by atoms with Crippen molar-refractivity contribution >= 4 is 17.4 Å². The van der Waals surface area contributed by atoms with Crippen LogP contribution in [0.4, 0.5) is 25.0 Å². The fraction of sp³-hybridized carbons (Fsp3) is 0.150. The number of alkyl halides is 2. The van der Waals surface area contributed by atoms with Crippen LogP contribution in [-0.2, 0) is 13.1 Å². The molecule has 0 saturated carbocycles. The third kappa shape index (κ3) is 6.16. The van der Waals surface area contributed by atoms with E-state index in [0.717, 1.165) is 29.3 Å². The second-order valence-electron chi connectivity index (χ2n) is 6.32. The van der Waals surface area contributed by atoms with Crippen molar-refractivity contribution in [3.63, 3.8) is 0 Å². The smallest absolute Gasteiger partial charge is 0.387 e. The number of benzene rings is 1. The molecule has 11 heteroatoms. The molecule has 0 unspecified atom stereocenters. The van der Waals surface area contributed by atoms with Crippen LogP contribution in [0.5, 0.6) is 5.75 Å². The summed E-state index contributed by atoms with van der Waals surface area (Å²) in [7, 11) is 0. The first-order valence-corrected chi connectivity index (χ1v) is 8.99. The molecule has 0 aliphatic rings. The first-order valence-electron chi connectivity index (χ1n) is 8.99. The second kappa shape index (κ2) is 10.1. The molecule has 0 aliphatic heterocycles. The highest BCUT2D eigenvalue weighted by molar-refractivity contribution is 5.91. The number of carbonyl (C=O) groups excluding carboxylic acids is 1. The average molecular weight is 429 g/mol. The van der Waals surface area contributed by atoms with Crippen molar-refractivity contribution in [3.05, 3.63) is 88.5 Å². The third-order valence-corrected chi connectivity index (χ3v) is 4.14. The number of ether oxygens (including phenoxy) is 1. The molecular formula is C20H17F2N5O4. The van der Waals surface area contributed by atoms with Gasteiger partial charge in [-0.2, -0.15) is 8.78 Å². The summed E-state index contributed by atoms with van der Waals surface area (Å²) < 4.78 is 29.9. The third-order valence-electron chi connectivity index (χ3n) is 4.14. The molecule has 1 N–H and O–H groups in total. The summed E-state index contributed by atoms with van der Waals surface area (Å²) >= 11 is 0. The Labute approximate surface area is 175 Å². The van der Waals surface area contributed by atoms with Crippen molar-refractivity contribution in [1.29, 1.82) is 0 Å². The Kier molecular flexibility index (Phi) is 6.99. The molecule has 9 nitrogen and oxygen atoms in total. The molecule has 31 heavy (non-hydrogen) atoms. The lowest BCUT2D eigenvalue weighted by molar-refractivity contribution is -0.384. The van der Waals surface area contributed by atoms with Crippen molar-refractivity contribution < 1.29 is 23.2 Å². The molecule has 160 valence electrons. The molecule has 2 heterocycles. The van der Waals surface area contributed by atoms with Crippen LogP contribution in [-0.4, -0.2) is 32.4 Å². The van der Waals surface area contributed by atoms with Crippen LogP contribution in [0.15, 0.2) is 67.3 Å². The van der Waals surface area contributed by atoms with Crippen molar-refractivity contribution in [2.45, 2.75) is 19.7 Å². The van der Waals surface area contributed by atoms with Gasteiger partial charge in [0.05, 0.1) is 10.6 Å². The van der Waals surface area contributed by atoms with Crippen LogP contribution in [0.3, 0.4) is 0 Å². The number of non-ortho nitro benzene ring substituents is 1. The largest absolute Gasteiger partial charge is 0.433 e. The number of anilines is 1. The lowest BCUT2D eigenvalue weighted by Gasteiger charge is -2.24. The van der Waals surface area contributed by atoms with Gasteiger partial charge in [0.25, 0.3) is 5.69 Å². The topological polar surface area (TPSA) is 110 Å². The maximum atomic E-state index is 13.0.